The summed E-state index contributed by atoms with van der Waals surface area (Å²) in [6.07, 6.45) is 6.72. The van der Waals surface area contributed by atoms with E-state index in [1.165, 1.54) is 43.2 Å². The van der Waals surface area contributed by atoms with E-state index in [1.54, 1.807) is 0 Å². The first-order valence-corrected chi connectivity index (χ1v) is 13.6. The molecule has 0 spiro atoms. The first kappa shape index (κ1) is 24.2. The lowest BCUT2D eigenvalue weighted by Crippen LogP contribution is -2.48. The monoisotopic (exact) mass is 472 g/mol. The Morgan fingerprint density at radius 1 is 0.886 bits per heavy atom. The van der Waals surface area contributed by atoms with E-state index in [4.69, 9.17) is 4.98 Å². The minimum Gasteiger partial charge on any atom is -0.385 e. The van der Waals surface area contributed by atoms with Crippen molar-refractivity contribution < 1.29 is 5.11 Å². The predicted octanol–water partition coefficient (Wildman–Crippen LogP) is 5.46. The number of hydrogen-bond acceptors (Lipinski definition) is 4. The van der Waals surface area contributed by atoms with Gasteiger partial charge in [-0.1, -0.05) is 86.8 Å². The number of aromatic amines is 1. The van der Waals surface area contributed by atoms with E-state index in [2.05, 4.69) is 82.4 Å². The summed E-state index contributed by atoms with van der Waals surface area (Å²) in [4.78, 5) is 13.5. The molecule has 1 saturated heterocycles. The molecule has 2 fully saturated rings. The van der Waals surface area contributed by atoms with Crippen molar-refractivity contribution >= 4 is 0 Å². The largest absolute Gasteiger partial charge is 0.385 e. The fraction of sp³-hybridized carbons (Fsp3) is 0.500. The number of rotatable bonds is 8. The number of β-amino-alcohol motifs (C(OH)–C–C–N with tert-alkyl or cyclic N) is 1. The third kappa shape index (κ3) is 5.69. The number of imidazole rings is 1. The molecular weight excluding hydrogens is 432 g/mol. The molecule has 1 unspecified atom stereocenters. The zero-order valence-electron chi connectivity index (χ0n) is 21.1. The first-order valence-electron chi connectivity index (χ1n) is 13.6. The smallest absolute Gasteiger partial charge is 0.110 e. The Morgan fingerprint density at radius 3 is 2.06 bits per heavy atom. The first-order chi connectivity index (χ1) is 17.2. The molecule has 2 heterocycles. The normalized spacial score (nSPS) is 19.3. The number of benzene rings is 2. The molecule has 5 heteroatoms. The number of aromatic nitrogens is 2. The maximum Gasteiger partial charge on any atom is 0.110 e. The fourth-order valence-corrected chi connectivity index (χ4v) is 5.98. The highest BCUT2D eigenvalue weighted by Gasteiger charge is 2.29. The van der Waals surface area contributed by atoms with Crippen LogP contribution in [0.5, 0.6) is 0 Å². The van der Waals surface area contributed by atoms with E-state index in [0.29, 0.717) is 12.5 Å². The highest BCUT2D eigenvalue weighted by Crippen LogP contribution is 2.33. The van der Waals surface area contributed by atoms with Crippen molar-refractivity contribution in [3.05, 3.63) is 89.0 Å². The molecule has 186 valence electrons. The van der Waals surface area contributed by atoms with Gasteiger partial charge in [0.15, 0.2) is 0 Å². The van der Waals surface area contributed by atoms with E-state index >= 15 is 0 Å². The van der Waals surface area contributed by atoms with Gasteiger partial charge in [0.2, 0.25) is 0 Å². The number of aliphatic hydroxyl groups is 1. The number of aliphatic hydroxyl groups excluding tert-OH is 1. The van der Waals surface area contributed by atoms with Crippen molar-refractivity contribution in [1.29, 1.82) is 0 Å². The van der Waals surface area contributed by atoms with Crippen molar-refractivity contribution in [3.63, 3.8) is 0 Å². The molecule has 2 aliphatic rings. The van der Waals surface area contributed by atoms with Crippen LogP contribution in [0, 0.1) is 0 Å². The average molecular weight is 473 g/mol. The van der Waals surface area contributed by atoms with Crippen molar-refractivity contribution in [3.8, 4) is 0 Å². The van der Waals surface area contributed by atoms with Gasteiger partial charge in [-0.15, -0.1) is 0 Å². The van der Waals surface area contributed by atoms with Crippen molar-refractivity contribution in [2.75, 3.05) is 32.7 Å². The Kier molecular flexibility index (Phi) is 7.97. The number of hydrogen-bond donors (Lipinski definition) is 2. The number of nitrogens with zero attached hydrogens (tertiary/aromatic N) is 3. The SMILES string of the molecule is CCc1[nH]c(C2CCCCC2)nc1C(O)CN1CCN(C(c2ccccc2)c2ccccc2)CC1. The van der Waals surface area contributed by atoms with E-state index in [0.717, 1.165) is 49.8 Å². The molecule has 35 heavy (non-hydrogen) atoms. The van der Waals surface area contributed by atoms with Gasteiger partial charge in [-0.25, -0.2) is 4.98 Å². The molecule has 1 aliphatic carbocycles. The van der Waals surface area contributed by atoms with Gasteiger partial charge >= 0.3 is 0 Å². The number of nitrogens with one attached hydrogen (secondary N) is 1. The van der Waals surface area contributed by atoms with Crippen LogP contribution in [-0.4, -0.2) is 57.6 Å². The van der Waals surface area contributed by atoms with Gasteiger partial charge in [0.1, 0.15) is 11.9 Å². The number of piperazine rings is 1. The van der Waals surface area contributed by atoms with Crippen LogP contribution in [0.1, 0.15) is 85.4 Å². The zero-order chi connectivity index (χ0) is 24.0. The molecule has 1 aromatic heterocycles. The highest BCUT2D eigenvalue weighted by molar-refractivity contribution is 5.32. The third-order valence-electron chi connectivity index (χ3n) is 7.92. The van der Waals surface area contributed by atoms with Crippen molar-refractivity contribution in [1.82, 2.24) is 19.8 Å². The molecule has 2 aromatic carbocycles. The number of aryl methyl sites for hydroxylation is 1. The minimum absolute atomic E-state index is 0.264. The number of H-pyrrole nitrogens is 1. The van der Waals surface area contributed by atoms with Crippen LogP contribution in [0.4, 0.5) is 0 Å². The van der Waals surface area contributed by atoms with Gasteiger partial charge in [-0.05, 0) is 30.4 Å². The van der Waals surface area contributed by atoms with Gasteiger partial charge in [0.05, 0.1) is 11.7 Å². The van der Waals surface area contributed by atoms with Crippen LogP contribution in [-0.2, 0) is 6.42 Å². The second kappa shape index (κ2) is 11.5. The molecular formula is C30H40N4O. The molecule has 1 saturated carbocycles. The summed E-state index contributed by atoms with van der Waals surface area (Å²) in [6, 6.07) is 21.9. The summed E-state index contributed by atoms with van der Waals surface area (Å²) in [6.45, 7) is 6.67. The highest BCUT2D eigenvalue weighted by atomic mass is 16.3. The molecule has 5 rings (SSSR count). The summed E-state index contributed by atoms with van der Waals surface area (Å²) in [5.41, 5.74) is 4.67. The predicted molar refractivity (Wildman–Crippen MR) is 141 cm³/mol. The van der Waals surface area contributed by atoms with Crippen LogP contribution in [0.3, 0.4) is 0 Å². The Hall–Kier alpha value is -2.47. The van der Waals surface area contributed by atoms with Gasteiger partial charge in [-0.2, -0.15) is 0 Å². The summed E-state index contributed by atoms with van der Waals surface area (Å²) >= 11 is 0. The third-order valence-corrected chi connectivity index (χ3v) is 7.92. The van der Waals surface area contributed by atoms with Crippen molar-refractivity contribution in [2.45, 2.75) is 63.5 Å². The molecule has 1 aliphatic heterocycles. The van der Waals surface area contributed by atoms with E-state index < -0.39 is 6.10 Å². The molecule has 2 N–H and O–H groups in total. The van der Waals surface area contributed by atoms with E-state index in [1.807, 2.05) is 0 Å². The Labute approximate surface area is 210 Å². The van der Waals surface area contributed by atoms with Gasteiger partial charge in [-0.3, -0.25) is 9.80 Å². The molecule has 1 atom stereocenters. The topological polar surface area (TPSA) is 55.4 Å². The average Bonchev–Trinajstić information content (AvgIpc) is 3.37. The molecule has 3 aromatic rings. The Bertz CT molecular complexity index is 997. The summed E-state index contributed by atoms with van der Waals surface area (Å²) in [5.74, 6) is 1.64. The lowest BCUT2D eigenvalue weighted by Gasteiger charge is -2.40. The van der Waals surface area contributed by atoms with Crippen molar-refractivity contribution in [2.24, 2.45) is 0 Å². The Balaban J connectivity index is 1.24. The van der Waals surface area contributed by atoms with E-state index in [-0.39, 0.29) is 6.04 Å². The van der Waals surface area contributed by atoms with Gasteiger partial charge in [0.25, 0.3) is 0 Å². The van der Waals surface area contributed by atoms with Crippen LogP contribution in [0.25, 0.3) is 0 Å². The fourth-order valence-electron chi connectivity index (χ4n) is 5.98. The molecule has 0 radical (unpaired) electrons. The quantitative estimate of drug-likeness (QED) is 0.457. The van der Waals surface area contributed by atoms with Gasteiger partial charge in [0, 0.05) is 44.3 Å². The summed E-state index contributed by atoms with van der Waals surface area (Å²) in [5, 5.41) is 11.2. The maximum absolute atomic E-state index is 11.2. The standard InChI is InChI=1S/C30H40N4O/c1-2-26-28(32-30(31-26)25-16-10-5-11-17-25)27(35)22-33-18-20-34(21-19-33)29(23-12-6-3-7-13-23)24-14-8-4-9-15-24/h3-4,6-9,12-15,25,27,29,35H,2,5,10-11,16-22H2,1H3,(H,31,32). The lowest BCUT2D eigenvalue weighted by molar-refractivity contribution is 0.0604. The summed E-state index contributed by atoms with van der Waals surface area (Å²) in [7, 11) is 0. The maximum atomic E-state index is 11.2. The second-order valence-electron chi connectivity index (χ2n) is 10.3. The molecule has 0 bridgehead atoms. The Morgan fingerprint density at radius 2 is 1.49 bits per heavy atom. The molecule has 5 nitrogen and oxygen atoms in total. The van der Waals surface area contributed by atoms with Crippen LogP contribution < -0.4 is 0 Å². The van der Waals surface area contributed by atoms with Crippen LogP contribution in [0.2, 0.25) is 0 Å². The zero-order valence-corrected chi connectivity index (χ0v) is 21.1. The van der Waals surface area contributed by atoms with E-state index in [9.17, 15) is 5.11 Å². The van der Waals surface area contributed by atoms with Crippen LogP contribution in [0.15, 0.2) is 60.7 Å². The second-order valence-corrected chi connectivity index (χ2v) is 10.3. The molecule has 0 amide bonds. The van der Waals surface area contributed by atoms with Crippen LogP contribution >= 0.6 is 0 Å². The lowest BCUT2D eigenvalue weighted by atomic mass is 9.89. The minimum atomic E-state index is -0.538. The van der Waals surface area contributed by atoms with Gasteiger partial charge < -0.3 is 10.1 Å². The summed E-state index contributed by atoms with van der Waals surface area (Å²) < 4.78 is 0.